The van der Waals surface area contributed by atoms with Crippen molar-refractivity contribution in [1.82, 2.24) is 9.88 Å². The molecular weight excluding hydrogens is 426 g/mol. The molecule has 2 heterocycles. The van der Waals surface area contributed by atoms with Crippen molar-refractivity contribution in [3.05, 3.63) is 52.4 Å². The third-order valence-electron chi connectivity index (χ3n) is 4.92. The van der Waals surface area contributed by atoms with Crippen LogP contribution in [0.1, 0.15) is 17.5 Å². The van der Waals surface area contributed by atoms with E-state index >= 15 is 0 Å². The number of pyridine rings is 1. The number of methoxy groups -OCH3 is 1. The summed E-state index contributed by atoms with van der Waals surface area (Å²) in [5.41, 5.74) is -0.207. The zero-order valence-corrected chi connectivity index (χ0v) is 16.9. The summed E-state index contributed by atoms with van der Waals surface area (Å²) in [5.74, 6) is -0.128. The number of amides is 1. The number of benzene rings is 1. The average molecular weight is 446 g/mol. The number of carbonyl (C=O) groups is 1. The lowest BCUT2D eigenvalue weighted by Gasteiger charge is -2.36. The van der Waals surface area contributed by atoms with Gasteiger partial charge in [0.2, 0.25) is 5.91 Å². The van der Waals surface area contributed by atoms with Crippen LogP contribution < -0.4 is 9.64 Å². The molecule has 3 rings (SSSR count). The van der Waals surface area contributed by atoms with Crippen LogP contribution in [0.3, 0.4) is 0 Å². The molecule has 1 amide bonds. The van der Waals surface area contributed by atoms with Crippen molar-refractivity contribution in [2.45, 2.75) is 19.0 Å². The number of carbonyl (C=O) groups excluding carboxylic acids is 1. The van der Waals surface area contributed by atoms with Gasteiger partial charge in [-0.2, -0.15) is 13.2 Å². The molecule has 1 aromatic carbocycles. The second-order valence-electron chi connectivity index (χ2n) is 6.86. The normalized spacial score (nSPS) is 14.7. The topological polar surface area (TPSA) is 45.7 Å². The Morgan fingerprint density at radius 3 is 2.47 bits per heavy atom. The predicted octanol–water partition coefficient (Wildman–Crippen LogP) is 4.18. The fourth-order valence-corrected chi connectivity index (χ4v) is 3.55. The minimum atomic E-state index is -4.51. The summed E-state index contributed by atoms with van der Waals surface area (Å²) in [4.78, 5) is 19.8. The lowest BCUT2D eigenvalue weighted by atomic mass is 10.1. The first-order valence-corrected chi connectivity index (χ1v) is 9.64. The maximum Gasteiger partial charge on any atom is 0.417 e. The molecule has 0 saturated carbocycles. The second-order valence-corrected chi connectivity index (χ2v) is 7.27. The lowest BCUT2D eigenvalue weighted by Crippen LogP contribution is -2.49. The first kappa shape index (κ1) is 22.1. The van der Waals surface area contributed by atoms with Crippen LogP contribution in [0.5, 0.6) is 5.75 Å². The van der Waals surface area contributed by atoms with E-state index in [1.165, 1.54) is 19.2 Å². The number of ether oxygens (including phenoxy) is 1. The first-order valence-electron chi connectivity index (χ1n) is 9.27. The number of aromatic nitrogens is 1. The summed E-state index contributed by atoms with van der Waals surface area (Å²) in [7, 11) is 1.38. The largest absolute Gasteiger partial charge is 0.494 e. The van der Waals surface area contributed by atoms with Gasteiger partial charge >= 0.3 is 6.18 Å². The van der Waals surface area contributed by atoms with Gasteiger partial charge in [-0.05, 0) is 30.2 Å². The van der Waals surface area contributed by atoms with Gasteiger partial charge in [0, 0.05) is 38.8 Å². The summed E-state index contributed by atoms with van der Waals surface area (Å²) in [6.07, 6.45) is -3.13. The molecule has 1 aliphatic rings. The molecule has 0 aliphatic carbocycles. The molecule has 5 nitrogen and oxygen atoms in total. The van der Waals surface area contributed by atoms with Crippen LogP contribution in [0.15, 0.2) is 30.5 Å². The predicted molar refractivity (Wildman–Crippen MR) is 104 cm³/mol. The van der Waals surface area contributed by atoms with Gasteiger partial charge in [0.15, 0.2) is 11.6 Å². The molecule has 2 aromatic rings. The van der Waals surface area contributed by atoms with Gasteiger partial charge in [0.05, 0.1) is 17.7 Å². The molecule has 10 heteroatoms. The molecular formula is C20H20ClF4N3O2. The van der Waals surface area contributed by atoms with E-state index in [0.717, 1.165) is 12.3 Å². The molecule has 1 saturated heterocycles. The third-order valence-corrected chi connectivity index (χ3v) is 5.20. The molecule has 0 N–H and O–H groups in total. The molecule has 0 bridgehead atoms. The second kappa shape index (κ2) is 9.07. The number of anilines is 1. The number of alkyl halides is 3. The minimum absolute atomic E-state index is 0.0719. The fraction of sp³-hybridized carbons (Fsp3) is 0.400. The zero-order valence-electron chi connectivity index (χ0n) is 16.2. The van der Waals surface area contributed by atoms with E-state index in [4.69, 9.17) is 16.3 Å². The number of nitrogens with zero attached hydrogens (tertiary/aromatic N) is 3. The van der Waals surface area contributed by atoms with Crippen LogP contribution in [0.4, 0.5) is 23.4 Å². The SMILES string of the molecule is COc1ccc(CCC(=O)N2CCN(c3ncc(C(F)(F)F)cc3Cl)CC2)cc1F. The molecule has 0 spiro atoms. The summed E-state index contributed by atoms with van der Waals surface area (Å²) in [5, 5.41) is -0.0777. The zero-order chi connectivity index (χ0) is 21.9. The Bertz CT molecular complexity index is 915. The number of hydrogen-bond donors (Lipinski definition) is 0. The Balaban J connectivity index is 1.54. The van der Waals surface area contributed by atoms with Crippen molar-refractivity contribution >= 4 is 23.3 Å². The van der Waals surface area contributed by atoms with E-state index < -0.39 is 17.6 Å². The highest BCUT2D eigenvalue weighted by Crippen LogP contribution is 2.33. The summed E-state index contributed by atoms with van der Waals surface area (Å²) >= 11 is 6.00. The quantitative estimate of drug-likeness (QED) is 0.648. The molecule has 1 fully saturated rings. The van der Waals surface area contributed by atoms with Crippen LogP contribution in [-0.2, 0) is 17.4 Å². The third kappa shape index (κ3) is 5.13. The Kier molecular flexibility index (Phi) is 6.70. The van der Waals surface area contributed by atoms with Crippen molar-refractivity contribution < 1.29 is 27.1 Å². The highest BCUT2D eigenvalue weighted by Gasteiger charge is 2.32. The number of aryl methyl sites for hydroxylation is 1. The maximum atomic E-state index is 13.8. The molecule has 30 heavy (non-hydrogen) atoms. The molecule has 1 aromatic heterocycles. The van der Waals surface area contributed by atoms with Crippen LogP contribution in [0, 0.1) is 5.82 Å². The smallest absolute Gasteiger partial charge is 0.417 e. The molecule has 0 radical (unpaired) electrons. The maximum absolute atomic E-state index is 13.8. The van der Waals surface area contributed by atoms with Gasteiger partial charge in [-0.1, -0.05) is 17.7 Å². The van der Waals surface area contributed by atoms with Gasteiger partial charge < -0.3 is 14.5 Å². The Morgan fingerprint density at radius 2 is 1.90 bits per heavy atom. The van der Waals surface area contributed by atoms with E-state index in [-0.39, 0.29) is 28.9 Å². The van der Waals surface area contributed by atoms with Gasteiger partial charge in [-0.15, -0.1) is 0 Å². The number of rotatable bonds is 5. The highest BCUT2D eigenvalue weighted by atomic mass is 35.5. The Labute approximate surface area is 176 Å². The van der Waals surface area contributed by atoms with Gasteiger partial charge in [-0.25, -0.2) is 9.37 Å². The summed E-state index contributed by atoms with van der Waals surface area (Å²) < 4.78 is 56.9. The van der Waals surface area contributed by atoms with E-state index in [0.29, 0.717) is 38.2 Å². The van der Waals surface area contributed by atoms with Gasteiger partial charge in [-0.3, -0.25) is 4.79 Å². The number of piperazine rings is 1. The first-order chi connectivity index (χ1) is 14.2. The van der Waals surface area contributed by atoms with E-state index in [1.807, 2.05) is 0 Å². The minimum Gasteiger partial charge on any atom is -0.494 e. The van der Waals surface area contributed by atoms with Gasteiger partial charge in [0.25, 0.3) is 0 Å². The monoisotopic (exact) mass is 445 g/mol. The van der Waals surface area contributed by atoms with E-state index in [2.05, 4.69) is 4.98 Å². The lowest BCUT2D eigenvalue weighted by molar-refractivity contribution is -0.137. The summed E-state index contributed by atoms with van der Waals surface area (Å²) in [6.45, 7) is 1.60. The van der Waals surface area contributed by atoms with Gasteiger partial charge in [0.1, 0.15) is 5.82 Å². The van der Waals surface area contributed by atoms with Crippen LogP contribution in [0.25, 0.3) is 0 Å². The van der Waals surface area contributed by atoms with Crippen molar-refractivity contribution in [3.8, 4) is 5.75 Å². The Hall–Kier alpha value is -2.55. The molecule has 162 valence electrons. The molecule has 0 atom stereocenters. The van der Waals surface area contributed by atoms with E-state index in [1.54, 1.807) is 15.9 Å². The number of halogens is 5. The highest BCUT2D eigenvalue weighted by molar-refractivity contribution is 6.33. The fourth-order valence-electron chi connectivity index (χ4n) is 3.26. The molecule has 0 unspecified atom stereocenters. The van der Waals surface area contributed by atoms with Crippen LogP contribution >= 0.6 is 11.6 Å². The van der Waals surface area contributed by atoms with Crippen molar-refractivity contribution in [2.75, 3.05) is 38.2 Å². The van der Waals surface area contributed by atoms with Crippen molar-refractivity contribution in [1.29, 1.82) is 0 Å². The van der Waals surface area contributed by atoms with Crippen LogP contribution in [0.2, 0.25) is 5.02 Å². The van der Waals surface area contributed by atoms with Crippen molar-refractivity contribution in [2.24, 2.45) is 0 Å². The average Bonchev–Trinajstić information content (AvgIpc) is 2.71. The molecule has 1 aliphatic heterocycles. The number of hydrogen-bond acceptors (Lipinski definition) is 4. The summed E-state index contributed by atoms with van der Waals surface area (Å²) in [6, 6.07) is 5.44. The van der Waals surface area contributed by atoms with E-state index in [9.17, 15) is 22.4 Å². The standard InChI is InChI=1S/C20H20ClF4N3O2/c1-30-17-4-2-13(10-16(17)22)3-5-18(29)27-6-8-28(9-7-27)19-15(21)11-14(12-26-19)20(23,24)25/h2,4,10-12H,3,5-9H2,1H3. The van der Waals surface area contributed by atoms with Crippen molar-refractivity contribution in [3.63, 3.8) is 0 Å². The van der Waals surface area contributed by atoms with Crippen LogP contribution in [-0.4, -0.2) is 49.1 Å². The Morgan fingerprint density at radius 1 is 1.20 bits per heavy atom.